The second-order valence-corrected chi connectivity index (χ2v) is 6.73. The standard InChI is InChI=1S/C18H22N4O.2ClH/c1-22-11-15(10-19-22)21-18(23)13-5-2-4-12(8-13)16-9-17(16)20-14-6-3-7-14;;/h2,4-5,8,10-11,14,16-17,20H,3,6-7,9H2,1H3,(H,21,23);2*1H/t16-,17+;;/m0../s1. The summed E-state index contributed by atoms with van der Waals surface area (Å²) in [6.45, 7) is 0. The zero-order valence-corrected chi connectivity index (χ0v) is 15.8. The normalized spacial score (nSPS) is 21.5. The van der Waals surface area contributed by atoms with E-state index in [1.165, 1.54) is 31.2 Å². The number of halogens is 2. The molecule has 2 saturated carbocycles. The van der Waals surface area contributed by atoms with Gasteiger partial charge in [-0.05, 0) is 37.0 Å². The molecule has 1 amide bonds. The number of hydrogen-bond donors (Lipinski definition) is 2. The molecule has 5 nitrogen and oxygen atoms in total. The van der Waals surface area contributed by atoms with E-state index in [0.29, 0.717) is 17.5 Å². The van der Waals surface area contributed by atoms with Gasteiger partial charge in [-0.25, -0.2) is 0 Å². The first-order valence-corrected chi connectivity index (χ1v) is 8.35. The van der Waals surface area contributed by atoms with Crippen molar-refractivity contribution in [3.05, 3.63) is 47.8 Å². The Balaban J connectivity index is 0.00000113. The second-order valence-electron chi connectivity index (χ2n) is 6.73. The van der Waals surface area contributed by atoms with Crippen LogP contribution in [0.1, 0.15) is 47.5 Å². The Hall–Kier alpha value is -1.56. The van der Waals surface area contributed by atoms with E-state index in [-0.39, 0.29) is 30.7 Å². The van der Waals surface area contributed by atoms with Crippen LogP contribution in [0.3, 0.4) is 0 Å². The van der Waals surface area contributed by atoms with Crippen LogP contribution in [0.15, 0.2) is 36.7 Å². The molecule has 0 unspecified atom stereocenters. The Kier molecular flexibility index (Phi) is 6.49. The largest absolute Gasteiger partial charge is 0.319 e. The van der Waals surface area contributed by atoms with Crippen molar-refractivity contribution in [2.45, 2.75) is 43.7 Å². The van der Waals surface area contributed by atoms with Gasteiger partial charge in [-0.2, -0.15) is 5.10 Å². The third-order valence-electron chi connectivity index (χ3n) is 4.89. The average molecular weight is 383 g/mol. The molecule has 2 aliphatic carbocycles. The van der Waals surface area contributed by atoms with Crippen molar-refractivity contribution in [3.63, 3.8) is 0 Å². The lowest BCUT2D eigenvalue weighted by Gasteiger charge is -2.26. The Morgan fingerprint density at radius 1 is 1.28 bits per heavy atom. The van der Waals surface area contributed by atoms with Gasteiger partial charge >= 0.3 is 0 Å². The molecule has 2 fully saturated rings. The van der Waals surface area contributed by atoms with E-state index < -0.39 is 0 Å². The molecule has 0 aliphatic heterocycles. The van der Waals surface area contributed by atoms with Gasteiger partial charge in [0.25, 0.3) is 5.91 Å². The fourth-order valence-electron chi connectivity index (χ4n) is 3.22. The first kappa shape index (κ1) is 19.8. The zero-order valence-electron chi connectivity index (χ0n) is 14.1. The number of nitrogens with one attached hydrogen (secondary N) is 2. The number of amides is 1. The lowest BCUT2D eigenvalue weighted by atomic mass is 9.93. The molecule has 4 rings (SSSR count). The number of carbonyl (C=O) groups is 1. The summed E-state index contributed by atoms with van der Waals surface area (Å²) in [5, 5.41) is 10.7. The monoisotopic (exact) mass is 382 g/mol. The molecular formula is C18H24Cl2N4O. The first-order chi connectivity index (χ1) is 11.2. The third kappa shape index (κ3) is 4.54. The summed E-state index contributed by atoms with van der Waals surface area (Å²) in [6.07, 6.45) is 8.62. The van der Waals surface area contributed by atoms with Crippen molar-refractivity contribution >= 4 is 36.4 Å². The highest BCUT2D eigenvalue weighted by Crippen LogP contribution is 2.42. The van der Waals surface area contributed by atoms with Crippen molar-refractivity contribution in [1.29, 1.82) is 0 Å². The van der Waals surface area contributed by atoms with Gasteiger partial charge in [0.15, 0.2) is 0 Å². The fraction of sp³-hybridized carbons (Fsp3) is 0.444. The molecule has 2 aromatic rings. The molecule has 0 bridgehead atoms. The second kappa shape index (κ2) is 8.21. The van der Waals surface area contributed by atoms with Crippen LogP contribution in [0.4, 0.5) is 5.69 Å². The van der Waals surface area contributed by atoms with E-state index >= 15 is 0 Å². The van der Waals surface area contributed by atoms with E-state index in [4.69, 9.17) is 0 Å². The molecule has 136 valence electrons. The van der Waals surface area contributed by atoms with Gasteiger partial charge in [0.1, 0.15) is 0 Å². The van der Waals surface area contributed by atoms with E-state index in [9.17, 15) is 4.79 Å². The minimum Gasteiger partial charge on any atom is -0.319 e. The lowest BCUT2D eigenvalue weighted by Crippen LogP contribution is -2.37. The number of carbonyl (C=O) groups excluding carboxylic acids is 1. The third-order valence-corrected chi connectivity index (χ3v) is 4.89. The Bertz CT molecular complexity index is 729. The van der Waals surface area contributed by atoms with E-state index in [1.807, 2.05) is 25.2 Å². The first-order valence-electron chi connectivity index (χ1n) is 8.35. The highest BCUT2D eigenvalue weighted by molar-refractivity contribution is 6.04. The molecule has 1 aromatic carbocycles. The van der Waals surface area contributed by atoms with Crippen LogP contribution in [0.25, 0.3) is 0 Å². The highest BCUT2D eigenvalue weighted by atomic mass is 35.5. The van der Waals surface area contributed by atoms with Crippen molar-refractivity contribution < 1.29 is 4.79 Å². The smallest absolute Gasteiger partial charge is 0.255 e. The molecule has 2 atom stereocenters. The van der Waals surface area contributed by atoms with Crippen molar-refractivity contribution in [1.82, 2.24) is 15.1 Å². The highest BCUT2D eigenvalue weighted by Gasteiger charge is 2.40. The fourth-order valence-corrected chi connectivity index (χ4v) is 3.22. The maximum absolute atomic E-state index is 12.4. The number of rotatable bonds is 5. The Morgan fingerprint density at radius 3 is 2.72 bits per heavy atom. The van der Waals surface area contributed by atoms with Gasteiger partial charge in [0.05, 0.1) is 11.9 Å². The summed E-state index contributed by atoms with van der Waals surface area (Å²) < 4.78 is 1.67. The average Bonchev–Trinajstić information content (AvgIpc) is 3.17. The van der Waals surface area contributed by atoms with Gasteiger partial charge in [-0.15, -0.1) is 24.8 Å². The van der Waals surface area contributed by atoms with Crippen LogP contribution < -0.4 is 10.6 Å². The summed E-state index contributed by atoms with van der Waals surface area (Å²) in [7, 11) is 1.83. The van der Waals surface area contributed by atoms with Gasteiger partial charge < -0.3 is 10.6 Å². The van der Waals surface area contributed by atoms with Crippen LogP contribution in [-0.2, 0) is 7.05 Å². The molecule has 7 heteroatoms. The topological polar surface area (TPSA) is 59.0 Å². The van der Waals surface area contributed by atoms with Gasteiger partial charge in [-0.1, -0.05) is 18.6 Å². The molecule has 1 heterocycles. The van der Waals surface area contributed by atoms with Crippen LogP contribution >= 0.6 is 24.8 Å². The van der Waals surface area contributed by atoms with Crippen LogP contribution in [-0.4, -0.2) is 27.8 Å². The maximum Gasteiger partial charge on any atom is 0.255 e. The van der Waals surface area contributed by atoms with Gasteiger partial charge in [-0.3, -0.25) is 9.48 Å². The van der Waals surface area contributed by atoms with Crippen LogP contribution in [0, 0.1) is 0 Å². The van der Waals surface area contributed by atoms with Crippen molar-refractivity contribution in [2.75, 3.05) is 5.32 Å². The summed E-state index contributed by atoms with van der Waals surface area (Å²) in [5.74, 6) is 0.478. The van der Waals surface area contributed by atoms with E-state index in [1.54, 1.807) is 17.1 Å². The SMILES string of the molecule is Cl.Cl.Cn1cc(NC(=O)c2cccc([C@@H]3C[C@H]3NC3CCC3)c2)cn1. The predicted molar refractivity (Wildman–Crippen MR) is 104 cm³/mol. The number of hydrogen-bond acceptors (Lipinski definition) is 3. The zero-order chi connectivity index (χ0) is 15.8. The summed E-state index contributed by atoms with van der Waals surface area (Å²) in [6, 6.07) is 9.32. The summed E-state index contributed by atoms with van der Waals surface area (Å²) >= 11 is 0. The minimum absolute atomic E-state index is 0. The Labute approximate surface area is 160 Å². The van der Waals surface area contributed by atoms with Crippen LogP contribution in [0.5, 0.6) is 0 Å². The predicted octanol–water partition coefficient (Wildman–Crippen LogP) is 3.51. The summed E-state index contributed by atoms with van der Waals surface area (Å²) in [4.78, 5) is 12.4. The molecule has 0 saturated heterocycles. The number of aryl methyl sites for hydroxylation is 1. The maximum atomic E-state index is 12.4. The van der Waals surface area contributed by atoms with Crippen LogP contribution in [0.2, 0.25) is 0 Å². The lowest BCUT2D eigenvalue weighted by molar-refractivity contribution is 0.102. The summed E-state index contributed by atoms with van der Waals surface area (Å²) in [5.41, 5.74) is 2.69. The molecular weight excluding hydrogens is 359 g/mol. The van der Waals surface area contributed by atoms with Gasteiger partial charge in [0, 0.05) is 36.8 Å². The number of aromatic nitrogens is 2. The quantitative estimate of drug-likeness (QED) is 0.831. The van der Waals surface area contributed by atoms with Crippen molar-refractivity contribution in [3.8, 4) is 0 Å². The number of benzene rings is 1. The van der Waals surface area contributed by atoms with E-state index in [0.717, 1.165) is 11.7 Å². The number of nitrogens with zero attached hydrogens (tertiary/aromatic N) is 2. The van der Waals surface area contributed by atoms with E-state index in [2.05, 4.69) is 21.8 Å². The molecule has 1 aromatic heterocycles. The molecule has 0 radical (unpaired) electrons. The Morgan fingerprint density at radius 2 is 2.08 bits per heavy atom. The van der Waals surface area contributed by atoms with Gasteiger partial charge in [0.2, 0.25) is 0 Å². The number of anilines is 1. The molecule has 2 aliphatic rings. The minimum atomic E-state index is -0.0796. The van der Waals surface area contributed by atoms with Crippen molar-refractivity contribution in [2.24, 2.45) is 7.05 Å². The molecule has 2 N–H and O–H groups in total. The molecule has 0 spiro atoms. The molecule has 25 heavy (non-hydrogen) atoms.